The lowest BCUT2D eigenvalue weighted by Gasteiger charge is -2.07. The van der Waals surface area contributed by atoms with Gasteiger partial charge in [-0.25, -0.2) is 4.79 Å². The fourth-order valence-electron chi connectivity index (χ4n) is 2.80. The third kappa shape index (κ3) is 4.18. The molecule has 3 rings (SSSR count). The van der Waals surface area contributed by atoms with E-state index >= 15 is 0 Å². The van der Waals surface area contributed by atoms with Gasteiger partial charge in [-0.1, -0.05) is 6.07 Å². The third-order valence-corrected chi connectivity index (χ3v) is 4.29. The quantitative estimate of drug-likeness (QED) is 0.381. The molecule has 9 nitrogen and oxygen atoms in total. The molecule has 0 saturated carbocycles. The SMILES string of the molecule is COc1ccc2oc(C(=O)OCC(=O)Nc3ccc(C)cc3[N+](=O)[O-])c(C)c2c1. The first-order valence-electron chi connectivity index (χ1n) is 8.59. The summed E-state index contributed by atoms with van der Waals surface area (Å²) in [4.78, 5) is 34.9. The standard InChI is InChI=1S/C20H18N2O7/c1-11-4-6-15(16(8-11)22(25)26)21-18(23)10-28-20(24)19-12(2)14-9-13(27-3)5-7-17(14)29-19/h4-9H,10H2,1-3H3,(H,21,23). The van der Waals surface area contributed by atoms with Crippen molar-refractivity contribution in [2.24, 2.45) is 0 Å². The maximum atomic E-state index is 12.3. The van der Waals surface area contributed by atoms with E-state index in [0.717, 1.165) is 0 Å². The van der Waals surface area contributed by atoms with Crippen LogP contribution in [-0.2, 0) is 9.53 Å². The predicted molar refractivity (Wildman–Crippen MR) is 104 cm³/mol. The van der Waals surface area contributed by atoms with Gasteiger partial charge in [0.15, 0.2) is 6.61 Å². The summed E-state index contributed by atoms with van der Waals surface area (Å²) in [5, 5.41) is 14.2. The van der Waals surface area contributed by atoms with Crippen LogP contribution < -0.4 is 10.1 Å². The number of nitrogens with one attached hydrogen (secondary N) is 1. The largest absolute Gasteiger partial charge is 0.497 e. The van der Waals surface area contributed by atoms with E-state index in [4.69, 9.17) is 13.9 Å². The van der Waals surface area contributed by atoms with Crippen molar-refractivity contribution < 1.29 is 28.4 Å². The number of hydrogen-bond acceptors (Lipinski definition) is 7. The topological polar surface area (TPSA) is 121 Å². The van der Waals surface area contributed by atoms with Crippen molar-refractivity contribution in [2.75, 3.05) is 19.0 Å². The molecule has 0 fully saturated rings. The van der Waals surface area contributed by atoms with Gasteiger partial charge in [0.2, 0.25) is 5.76 Å². The first-order valence-corrected chi connectivity index (χ1v) is 8.59. The highest BCUT2D eigenvalue weighted by atomic mass is 16.6. The Hall–Kier alpha value is -3.88. The number of carbonyl (C=O) groups excluding carboxylic acids is 2. The van der Waals surface area contributed by atoms with E-state index in [-0.39, 0.29) is 17.1 Å². The number of fused-ring (bicyclic) bond motifs is 1. The Morgan fingerprint density at radius 1 is 1.17 bits per heavy atom. The second-order valence-electron chi connectivity index (χ2n) is 6.32. The molecule has 9 heteroatoms. The molecule has 0 spiro atoms. The predicted octanol–water partition coefficient (Wildman–Crippen LogP) is 3.76. The molecule has 3 aromatic rings. The highest BCUT2D eigenvalue weighted by molar-refractivity contribution is 5.99. The van der Waals surface area contributed by atoms with Crippen LogP contribution in [0.2, 0.25) is 0 Å². The van der Waals surface area contributed by atoms with Crippen LogP contribution in [0.5, 0.6) is 5.75 Å². The van der Waals surface area contributed by atoms with Crippen molar-refractivity contribution in [3.05, 3.63) is 63.4 Å². The Labute approximate surface area is 165 Å². The Morgan fingerprint density at radius 3 is 2.62 bits per heavy atom. The second-order valence-corrected chi connectivity index (χ2v) is 6.32. The zero-order valence-corrected chi connectivity index (χ0v) is 16.0. The van der Waals surface area contributed by atoms with Gasteiger partial charge < -0.3 is 19.2 Å². The number of nitro groups is 1. The van der Waals surface area contributed by atoms with Gasteiger partial charge in [0.1, 0.15) is 17.0 Å². The average molecular weight is 398 g/mol. The molecule has 1 heterocycles. The lowest BCUT2D eigenvalue weighted by Crippen LogP contribution is -2.21. The van der Waals surface area contributed by atoms with Crippen molar-refractivity contribution in [2.45, 2.75) is 13.8 Å². The number of methoxy groups -OCH3 is 1. The van der Waals surface area contributed by atoms with Crippen LogP contribution >= 0.6 is 0 Å². The minimum atomic E-state index is -0.814. The zero-order valence-electron chi connectivity index (χ0n) is 16.0. The fourth-order valence-corrected chi connectivity index (χ4v) is 2.80. The number of amides is 1. The molecule has 150 valence electrons. The van der Waals surface area contributed by atoms with Crippen molar-refractivity contribution >= 4 is 34.2 Å². The van der Waals surface area contributed by atoms with Gasteiger partial charge in [-0.3, -0.25) is 14.9 Å². The van der Waals surface area contributed by atoms with Gasteiger partial charge in [-0.05, 0) is 43.7 Å². The summed E-state index contributed by atoms with van der Waals surface area (Å²) in [6, 6.07) is 9.48. The van der Waals surface area contributed by atoms with Crippen LogP contribution in [0.1, 0.15) is 21.7 Å². The minimum absolute atomic E-state index is 0.0219. The summed E-state index contributed by atoms with van der Waals surface area (Å²) in [5.41, 5.74) is 1.49. The fraction of sp³-hybridized carbons (Fsp3) is 0.200. The number of benzene rings is 2. The van der Waals surface area contributed by atoms with Gasteiger partial charge in [0.25, 0.3) is 11.6 Å². The molecule has 0 aliphatic heterocycles. The van der Waals surface area contributed by atoms with Crippen molar-refractivity contribution in [1.29, 1.82) is 0 Å². The maximum absolute atomic E-state index is 12.3. The highest BCUT2D eigenvalue weighted by Crippen LogP contribution is 2.29. The molecule has 0 saturated heterocycles. The van der Waals surface area contributed by atoms with Crippen LogP contribution in [0, 0.1) is 24.0 Å². The van der Waals surface area contributed by atoms with Crippen LogP contribution in [0.4, 0.5) is 11.4 Å². The summed E-state index contributed by atoms with van der Waals surface area (Å²) in [7, 11) is 1.53. The van der Waals surface area contributed by atoms with Crippen LogP contribution in [0.15, 0.2) is 40.8 Å². The molecular formula is C20H18N2O7. The van der Waals surface area contributed by atoms with E-state index in [1.165, 1.54) is 19.2 Å². The van der Waals surface area contributed by atoms with E-state index in [9.17, 15) is 19.7 Å². The molecule has 0 atom stereocenters. The Balaban J connectivity index is 1.70. The minimum Gasteiger partial charge on any atom is -0.497 e. The Kier molecular flexibility index (Phi) is 5.49. The number of hydrogen-bond donors (Lipinski definition) is 1. The number of esters is 1. The monoisotopic (exact) mass is 398 g/mol. The van der Waals surface area contributed by atoms with Gasteiger partial charge in [0.05, 0.1) is 12.0 Å². The summed E-state index contributed by atoms with van der Waals surface area (Å²) >= 11 is 0. The van der Waals surface area contributed by atoms with E-state index in [1.54, 1.807) is 38.1 Å². The van der Waals surface area contributed by atoms with Gasteiger partial charge >= 0.3 is 5.97 Å². The van der Waals surface area contributed by atoms with Crippen LogP contribution in [0.25, 0.3) is 11.0 Å². The second kappa shape index (κ2) is 8.01. The van der Waals surface area contributed by atoms with E-state index in [2.05, 4.69) is 5.32 Å². The number of aryl methyl sites for hydroxylation is 2. The smallest absolute Gasteiger partial charge is 0.375 e. The van der Waals surface area contributed by atoms with E-state index in [0.29, 0.717) is 27.8 Å². The van der Waals surface area contributed by atoms with Crippen molar-refractivity contribution in [3.63, 3.8) is 0 Å². The molecule has 2 aromatic carbocycles. The van der Waals surface area contributed by atoms with E-state index in [1.807, 2.05) is 0 Å². The number of furan rings is 1. The zero-order chi connectivity index (χ0) is 21.1. The number of rotatable bonds is 6. The molecule has 1 N–H and O–H groups in total. The first kappa shape index (κ1) is 19.9. The van der Waals surface area contributed by atoms with Crippen LogP contribution in [0.3, 0.4) is 0 Å². The Bertz CT molecular complexity index is 1120. The number of anilines is 1. The number of ether oxygens (including phenoxy) is 2. The van der Waals surface area contributed by atoms with Crippen molar-refractivity contribution in [3.8, 4) is 5.75 Å². The molecule has 0 unspecified atom stereocenters. The third-order valence-electron chi connectivity index (χ3n) is 4.29. The average Bonchev–Trinajstić information content (AvgIpc) is 3.03. The molecule has 0 aliphatic carbocycles. The summed E-state index contributed by atoms with van der Waals surface area (Å²) in [6.07, 6.45) is 0. The number of nitro benzene ring substituents is 1. The highest BCUT2D eigenvalue weighted by Gasteiger charge is 2.21. The number of nitrogens with zero attached hydrogens (tertiary/aromatic N) is 1. The lowest BCUT2D eigenvalue weighted by molar-refractivity contribution is -0.384. The molecule has 1 aromatic heterocycles. The lowest BCUT2D eigenvalue weighted by atomic mass is 10.1. The van der Waals surface area contributed by atoms with E-state index < -0.39 is 23.4 Å². The first-order chi connectivity index (χ1) is 13.8. The molecule has 29 heavy (non-hydrogen) atoms. The van der Waals surface area contributed by atoms with Crippen molar-refractivity contribution in [1.82, 2.24) is 0 Å². The van der Waals surface area contributed by atoms with Gasteiger partial charge in [-0.15, -0.1) is 0 Å². The molecule has 0 bridgehead atoms. The van der Waals surface area contributed by atoms with Gasteiger partial charge in [0, 0.05) is 17.0 Å². The molecular weight excluding hydrogens is 380 g/mol. The normalized spacial score (nSPS) is 10.6. The van der Waals surface area contributed by atoms with Gasteiger partial charge in [-0.2, -0.15) is 0 Å². The summed E-state index contributed by atoms with van der Waals surface area (Å²) < 4.78 is 15.7. The summed E-state index contributed by atoms with van der Waals surface area (Å²) in [6.45, 7) is 2.77. The van der Waals surface area contributed by atoms with Crippen LogP contribution in [-0.4, -0.2) is 30.5 Å². The maximum Gasteiger partial charge on any atom is 0.375 e. The summed E-state index contributed by atoms with van der Waals surface area (Å²) in [5.74, 6) is -0.935. The molecule has 0 radical (unpaired) electrons. The number of carbonyl (C=O) groups is 2. The Morgan fingerprint density at radius 2 is 1.93 bits per heavy atom. The molecule has 0 aliphatic rings. The molecule has 1 amide bonds.